The average Bonchev–Trinajstić information content (AvgIpc) is 2.82. The van der Waals surface area contributed by atoms with Crippen LogP contribution in [0.2, 0.25) is 0 Å². The zero-order valence-corrected chi connectivity index (χ0v) is 15.0. The summed E-state index contributed by atoms with van der Waals surface area (Å²) in [5.41, 5.74) is -0.0746. The quantitative estimate of drug-likeness (QED) is 0.859. The first-order valence-electron chi connectivity index (χ1n) is 7.93. The lowest BCUT2D eigenvalue weighted by atomic mass is 10.1. The molecule has 0 saturated carbocycles. The van der Waals surface area contributed by atoms with E-state index >= 15 is 0 Å². The highest BCUT2D eigenvalue weighted by Crippen LogP contribution is 2.39. The number of benzene rings is 2. The van der Waals surface area contributed by atoms with E-state index in [4.69, 9.17) is 0 Å². The van der Waals surface area contributed by atoms with E-state index in [1.807, 2.05) is 0 Å². The van der Waals surface area contributed by atoms with E-state index in [0.717, 1.165) is 26.8 Å². The number of nitrogens with one attached hydrogen (secondary N) is 1. The number of hydrogen-bond donors (Lipinski definition) is 1. The van der Waals surface area contributed by atoms with Gasteiger partial charge in [-0.15, -0.1) is 0 Å². The topological polar surface area (TPSA) is 69.7 Å². The molecule has 0 aromatic heterocycles. The smallest absolute Gasteiger partial charge is 0.350 e. The summed E-state index contributed by atoms with van der Waals surface area (Å²) < 4.78 is 65.4. The zero-order valence-electron chi connectivity index (χ0n) is 14.2. The van der Waals surface area contributed by atoms with Crippen molar-refractivity contribution in [3.63, 3.8) is 0 Å². The third-order valence-corrected chi connectivity index (χ3v) is 5.99. The fourth-order valence-electron chi connectivity index (χ4n) is 2.78. The molecule has 0 saturated heterocycles. The highest BCUT2D eigenvalue weighted by Gasteiger charge is 2.37. The van der Waals surface area contributed by atoms with E-state index in [2.05, 4.69) is 5.32 Å². The lowest BCUT2D eigenvalue weighted by Gasteiger charge is -2.19. The van der Waals surface area contributed by atoms with E-state index in [1.54, 1.807) is 24.3 Å². The van der Waals surface area contributed by atoms with Crippen LogP contribution >= 0.6 is 0 Å². The molecular formula is C17H16F3N3O3S. The van der Waals surface area contributed by atoms with Gasteiger partial charge in [0.05, 0.1) is 23.5 Å². The van der Waals surface area contributed by atoms with Gasteiger partial charge in [0.2, 0.25) is 0 Å². The molecule has 2 aromatic rings. The normalized spacial score (nSPS) is 15.6. The first-order chi connectivity index (χ1) is 12.6. The van der Waals surface area contributed by atoms with Crippen LogP contribution < -0.4 is 13.9 Å². The maximum atomic E-state index is 12.7. The summed E-state index contributed by atoms with van der Waals surface area (Å²) >= 11 is 0. The molecule has 1 heterocycles. The van der Waals surface area contributed by atoms with Crippen LogP contribution in [0.4, 0.5) is 24.5 Å². The second-order valence-electron chi connectivity index (χ2n) is 5.87. The third-order valence-electron chi connectivity index (χ3n) is 4.17. The average molecular weight is 399 g/mol. The lowest BCUT2D eigenvalue weighted by Crippen LogP contribution is -2.40. The standard InChI is InChI=1S/C17H16F3N3O3S/c1-22-14-7-2-3-8-15(14)23(27(22,25)26)10-9-21-16(24)12-5-4-6-13(11-12)17(18,19)20/h2-8,11H,9-10H2,1H3,(H,21,24). The summed E-state index contributed by atoms with van der Waals surface area (Å²) in [7, 11) is -2.32. The minimum atomic E-state index is -4.55. The van der Waals surface area contributed by atoms with Gasteiger partial charge >= 0.3 is 16.4 Å². The summed E-state index contributed by atoms with van der Waals surface area (Å²) in [6.07, 6.45) is -4.55. The lowest BCUT2D eigenvalue weighted by molar-refractivity contribution is -0.137. The Labute approximate surface area is 154 Å². The largest absolute Gasteiger partial charge is 0.416 e. The van der Waals surface area contributed by atoms with Gasteiger partial charge in [-0.2, -0.15) is 21.6 Å². The Hall–Kier alpha value is -2.75. The van der Waals surface area contributed by atoms with Gasteiger partial charge in [0, 0.05) is 19.2 Å². The molecule has 1 aliphatic rings. The summed E-state index contributed by atoms with van der Waals surface area (Å²) in [6, 6.07) is 10.8. The van der Waals surface area contributed by atoms with Crippen LogP contribution in [-0.4, -0.2) is 34.5 Å². The SMILES string of the molecule is CN1c2ccccc2N(CCNC(=O)c2cccc(C(F)(F)F)c2)S1(=O)=O. The van der Waals surface area contributed by atoms with Crippen molar-refractivity contribution < 1.29 is 26.4 Å². The summed E-state index contributed by atoms with van der Waals surface area (Å²) in [5, 5.41) is 2.46. The van der Waals surface area contributed by atoms with Crippen LogP contribution in [-0.2, 0) is 16.4 Å². The number of carbonyl (C=O) groups is 1. The van der Waals surface area contributed by atoms with Crippen LogP contribution in [0.3, 0.4) is 0 Å². The number of alkyl halides is 3. The summed E-state index contributed by atoms with van der Waals surface area (Å²) in [6.45, 7) is -0.106. The van der Waals surface area contributed by atoms with Crippen molar-refractivity contribution >= 4 is 27.5 Å². The van der Waals surface area contributed by atoms with Gasteiger partial charge in [0.15, 0.2) is 0 Å². The molecule has 144 valence electrons. The Morgan fingerprint density at radius 3 is 2.41 bits per heavy atom. The Morgan fingerprint density at radius 2 is 1.74 bits per heavy atom. The Kier molecular flexibility index (Phi) is 4.77. The number of carbonyl (C=O) groups excluding carboxylic acids is 1. The number of para-hydroxylation sites is 2. The molecule has 10 heteroatoms. The van der Waals surface area contributed by atoms with Gasteiger partial charge in [-0.25, -0.2) is 4.31 Å². The second kappa shape index (κ2) is 6.76. The molecule has 0 radical (unpaired) electrons. The number of amides is 1. The molecule has 1 aliphatic heterocycles. The molecule has 0 atom stereocenters. The van der Waals surface area contributed by atoms with Gasteiger partial charge in [-0.3, -0.25) is 9.10 Å². The highest BCUT2D eigenvalue weighted by molar-refractivity contribution is 7.94. The number of halogens is 3. The molecule has 6 nitrogen and oxygen atoms in total. The Balaban J connectivity index is 1.69. The van der Waals surface area contributed by atoms with Crippen molar-refractivity contribution in [2.75, 3.05) is 28.7 Å². The molecule has 0 fully saturated rings. The molecule has 0 aliphatic carbocycles. The van der Waals surface area contributed by atoms with Crippen LogP contribution in [0.25, 0.3) is 0 Å². The van der Waals surface area contributed by atoms with Crippen molar-refractivity contribution in [1.29, 1.82) is 0 Å². The van der Waals surface area contributed by atoms with Crippen molar-refractivity contribution in [1.82, 2.24) is 5.32 Å². The van der Waals surface area contributed by atoms with Gasteiger partial charge < -0.3 is 5.32 Å². The minimum absolute atomic E-state index is 0.0472. The summed E-state index contributed by atoms with van der Waals surface area (Å²) in [4.78, 5) is 12.1. The van der Waals surface area contributed by atoms with Gasteiger partial charge in [0.25, 0.3) is 5.91 Å². The predicted molar refractivity (Wildman–Crippen MR) is 94.9 cm³/mol. The van der Waals surface area contributed by atoms with Gasteiger partial charge in [0.1, 0.15) is 0 Å². The monoisotopic (exact) mass is 399 g/mol. The minimum Gasteiger partial charge on any atom is -0.350 e. The van der Waals surface area contributed by atoms with E-state index in [1.165, 1.54) is 13.1 Å². The zero-order chi connectivity index (χ0) is 19.8. The fraction of sp³-hybridized carbons (Fsp3) is 0.235. The second-order valence-corrected chi connectivity index (χ2v) is 7.75. The first kappa shape index (κ1) is 19.0. The number of rotatable bonds is 4. The predicted octanol–water partition coefficient (Wildman–Crippen LogP) is 2.64. The fourth-order valence-corrected chi connectivity index (χ4v) is 4.21. The van der Waals surface area contributed by atoms with Crippen LogP contribution in [0.15, 0.2) is 48.5 Å². The van der Waals surface area contributed by atoms with Crippen LogP contribution in [0.1, 0.15) is 15.9 Å². The molecule has 2 aromatic carbocycles. The van der Waals surface area contributed by atoms with Gasteiger partial charge in [-0.1, -0.05) is 18.2 Å². The first-order valence-corrected chi connectivity index (χ1v) is 9.33. The van der Waals surface area contributed by atoms with Crippen molar-refractivity contribution in [2.24, 2.45) is 0 Å². The molecule has 0 unspecified atom stereocenters. The third kappa shape index (κ3) is 3.57. The molecule has 1 N–H and O–H groups in total. The maximum absolute atomic E-state index is 12.7. The number of nitrogens with zero attached hydrogens (tertiary/aromatic N) is 2. The Bertz CT molecular complexity index is 977. The molecular weight excluding hydrogens is 383 g/mol. The van der Waals surface area contributed by atoms with Crippen molar-refractivity contribution in [3.05, 3.63) is 59.7 Å². The van der Waals surface area contributed by atoms with Crippen LogP contribution in [0.5, 0.6) is 0 Å². The summed E-state index contributed by atoms with van der Waals surface area (Å²) in [5.74, 6) is -0.709. The van der Waals surface area contributed by atoms with E-state index < -0.39 is 27.9 Å². The molecule has 3 rings (SSSR count). The molecule has 27 heavy (non-hydrogen) atoms. The van der Waals surface area contributed by atoms with E-state index in [0.29, 0.717) is 11.4 Å². The van der Waals surface area contributed by atoms with Crippen LogP contribution in [0, 0.1) is 0 Å². The maximum Gasteiger partial charge on any atom is 0.416 e. The van der Waals surface area contributed by atoms with E-state index in [9.17, 15) is 26.4 Å². The molecule has 1 amide bonds. The van der Waals surface area contributed by atoms with Crippen molar-refractivity contribution in [3.8, 4) is 0 Å². The number of anilines is 2. The number of fused-ring (bicyclic) bond motifs is 1. The number of hydrogen-bond acceptors (Lipinski definition) is 3. The molecule has 0 spiro atoms. The molecule has 0 bridgehead atoms. The highest BCUT2D eigenvalue weighted by atomic mass is 32.2. The van der Waals surface area contributed by atoms with Crippen molar-refractivity contribution in [2.45, 2.75) is 6.18 Å². The van der Waals surface area contributed by atoms with E-state index in [-0.39, 0.29) is 18.7 Å². The Morgan fingerprint density at radius 1 is 1.07 bits per heavy atom. The van der Waals surface area contributed by atoms with Gasteiger partial charge in [-0.05, 0) is 30.3 Å².